The number of amides is 2. The van der Waals surface area contributed by atoms with E-state index in [0.717, 1.165) is 0 Å². The Morgan fingerprint density at radius 3 is 2.52 bits per heavy atom. The molecule has 25 heavy (non-hydrogen) atoms. The molecule has 0 heterocycles. The van der Waals surface area contributed by atoms with Crippen LogP contribution in [0.2, 0.25) is 0 Å². The molecular formula is C18H14F2N2O3. The van der Waals surface area contributed by atoms with E-state index in [9.17, 15) is 18.4 Å². The fourth-order valence-corrected chi connectivity index (χ4v) is 1.94. The molecule has 2 aromatic rings. The van der Waals surface area contributed by atoms with Crippen LogP contribution in [0.15, 0.2) is 48.5 Å². The van der Waals surface area contributed by atoms with Gasteiger partial charge in [-0.1, -0.05) is 12.0 Å². The van der Waals surface area contributed by atoms with Gasteiger partial charge in [-0.3, -0.25) is 9.59 Å². The molecule has 0 aromatic heterocycles. The van der Waals surface area contributed by atoms with E-state index >= 15 is 0 Å². The number of halogens is 2. The zero-order valence-electron chi connectivity index (χ0n) is 13.0. The van der Waals surface area contributed by atoms with E-state index < -0.39 is 18.4 Å². The molecule has 0 aliphatic rings. The van der Waals surface area contributed by atoms with E-state index in [1.807, 2.05) is 0 Å². The van der Waals surface area contributed by atoms with Gasteiger partial charge in [0.2, 0.25) is 5.91 Å². The molecule has 7 heteroatoms. The van der Waals surface area contributed by atoms with Crippen molar-refractivity contribution in [1.82, 2.24) is 5.32 Å². The molecule has 0 radical (unpaired) electrons. The number of nitrogens with one attached hydrogen (secondary N) is 2. The number of ether oxygens (including phenoxy) is 1. The predicted molar refractivity (Wildman–Crippen MR) is 88.4 cm³/mol. The molecule has 0 saturated heterocycles. The van der Waals surface area contributed by atoms with Crippen molar-refractivity contribution in [3.63, 3.8) is 0 Å². The summed E-state index contributed by atoms with van der Waals surface area (Å²) in [5.74, 6) is 1.44. The lowest BCUT2D eigenvalue weighted by molar-refractivity contribution is -0.115. The second-order valence-corrected chi connectivity index (χ2v) is 4.86. The van der Waals surface area contributed by atoms with Crippen LogP contribution in [-0.2, 0) is 4.79 Å². The van der Waals surface area contributed by atoms with Crippen molar-refractivity contribution >= 4 is 17.5 Å². The van der Waals surface area contributed by atoms with Crippen molar-refractivity contribution in [3.05, 3.63) is 59.7 Å². The van der Waals surface area contributed by atoms with Gasteiger partial charge in [0.05, 0.1) is 6.54 Å². The molecule has 0 fully saturated rings. The summed E-state index contributed by atoms with van der Waals surface area (Å²) in [5.41, 5.74) is 1.35. The van der Waals surface area contributed by atoms with E-state index in [0.29, 0.717) is 11.3 Å². The number of hydrogen-bond acceptors (Lipinski definition) is 3. The summed E-state index contributed by atoms with van der Waals surface area (Å²) < 4.78 is 28.3. The molecule has 0 spiro atoms. The van der Waals surface area contributed by atoms with Gasteiger partial charge in [0.25, 0.3) is 5.91 Å². The smallest absolute Gasteiger partial charge is 0.387 e. The Labute approximate surface area is 143 Å². The Kier molecular flexibility index (Phi) is 6.07. The fraction of sp³-hybridized carbons (Fsp3) is 0.111. The van der Waals surface area contributed by atoms with Crippen molar-refractivity contribution in [1.29, 1.82) is 0 Å². The van der Waals surface area contributed by atoms with E-state index in [1.54, 1.807) is 24.3 Å². The fourth-order valence-electron chi connectivity index (χ4n) is 1.94. The van der Waals surface area contributed by atoms with Gasteiger partial charge in [-0.05, 0) is 42.5 Å². The second-order valence-electron chi connectivity index (χ2n) is 4.86. The van der Waals surface area contributed by atoms with Crippen LogP contribution >= 0.6 is 0 Å². The van der Waals surface area contributed by atoms with E-state index in [-0.39, 0.29) is 17.9 Å². The van der Waals surface area contributed by atoms with Gasteiger partial charge in [-0.2, -0.15) is 8.78 Å². The summed E-state index contributed by atoms with van der Waals surface area (Å²) in [6.07, 6.45) is 5.28. The minimum Gasteiger partial charge on any atom is -0.435 e. The predicted octanol–water partition coefficient (Wildman–Crippen LogP) is 2.64. The maximum Gasteiger partial charge on any atom is 0.387 e. The van der Waals surface area contributed by atoms with Crippen LogP contribution in [0.25, 0.3) is 0 Å². The molecule has 0 atom stereocenters. The molecule has 0 bridgehead atoms. The second kappa shape index (κ2) is 8.45. The standard InChI is InChI=1S/C18H14F2N2O3/c1-2-12-4-3-5-14(10-12)22-16(23)11-21-17(24)13-6-8-15(9-7-13)25-18(19)20/h1,3-10,18H,11H2,(H,21,24)(H,22,23). The number of carbonyl (C=O) groups excluding carboxylic acids is 2. The van der Waals surface area contributed by atoms with Crippen LogP contribution in [0.4, 0.5) is 14.5 Å². The average molecular weight is 344 g/mol. The third-order valence-corrected chi connectivity index (χ3v) is 3.06. The summed E-state index contributed by atoms with van der Waals surface area (Å²) in [7, 11) is 0. The Hall–Kier alpha value is -3.40. The lowest BCUT2D eigenvalue weighted by Crippen LogP contribution is -2.32. The molecule has 5 nitrogen and oxygen atoms in total. The Balaban J connectivity index is 1.86. The number of anilines is 1. The summed E-state index contributed by atoms with van der Waals surface area (Å²) >= 11 is 0. The topological polar surface area (TPSA) is 67.4 Å². The van der Waals surface area contributed by atoms with Crippen LogP contribution in [-0.4, -0.2) is 25.0 Å². The first-order valence-corrected chi connectivity index (χ1v) is 7.17. The van der Waals surface area contributed by atoms with Crippen LogP contribution < -0.4 is 15.4 Å². The quantitative estimate of drug-likeness (QED) is 0.792. The maximum absolute atomic E-state index is 12.1. The Morgan fingerprint density at radius 2 is 1.88 bits per heavy atom. The van der Waals surface area contributed by atoms with Crippen LogP contribution in [0.3, 0.4) is 0 Å². The minimum atomic E-state index is -2.93. The van der Waals surface area contributed by atoms with Gasteiger partial charge < -0.3 is 15.4 Å². The molecule has 0 saturated carbocycles. The Morgan fingerprint density at radius 1 is 1.16 bits per heavy atom. The largest absolute Gasteiger partial charge is 0.435 e. The maximum atomic E-state index is 12.1. The number of terminal acetylenes is 1. The highest BCUT2D eigenvalue weighted by atomic mass is 19.3. The monoisotopic (exact) mass is 344 g/mol. The molecule has 128 valence electrons. The summed E-state index contributed by atoms with van der Waals surface area (Å²) in [5, 5.41) is 5.03. The van der Waals surface area contributed by atoms with Gasteiger partial charge >= 0.3 is 6.61 Å². The Bertz CT molecular complexity index is 799. The highest BCUT2D eigenvalue weighted by Gasteiger charge is 2.10. The lowest BCUT2D eigenvalue weighted by Gasteiger charge is -2.08. The third-order valence-electron chi connectivity index (χ3n) is 3.06. The van der Waals surface area contributed by atoms with Crippen LogP contribution in [0.1, 0.15) is 15.9 Å². The van der Waals surface area contributed by atoms with E-state index in [1.165, 1.54) is 24.3 Å². The number of carbonyl (C=O) groups is 2. The van der Waals surface area contributed by atoms with Crippen molar-refractivity contribution in [2.75, 3.05) is 11.9 Å². The number of rotatable bonds is 6. The van der Waals surface area contributed by atoms with Gasteiger partial charge in [-0.25, -0.2) is 0 Å². The van der Waals surface area contributed by atoms with Gasteiger partial charge in [0.15, 0.2) is 0 Å². The van der Waals surface area contributed by atoms with Crippen molar-refractivity contribution in [2.45, 2.75) is 6.61 Å². The van der Waals surface area contributed by atoms with E-state index in [2.05, 4.69) is 21.3 Å². The van der Waals surface area contributed by atoms with Crippen molar-refractivity contribution in [3.8, 4) is 18.1 Å². The number of hydrogen-bond donors (Lipinski definition) is 2. The summed E-state index contributed by atoms with van der Waals surface area (Å²) in [4.78, 5) is 23.8. The first-order chi connectivity index (χ1) is 12.0. The molecule has 0 aliphatic heterocycles. The average Bonchev–Trinajstić information content (AvgIpc) is 2.60. The van der Waals surface area contributed by atoms with Gasteiger partial charge in [0, 0.05) is 16.8 Å². The molecule has 2 rings (SSSR count). The molecule has 0 unspecified atom stereocenters. The SMILES string of the molecule is C#Cc1cccc(NC(=O)CNC(=O)c2ccc(OC(F)F)cc2)c1. The van der Waals surface area contributed by atoms with Crippen LogP contribution in [0, 0.1) is 12.3 Å². The lowest BCUT2D eigenvalue weighted by atomic mass is 10.2. The van der Waals surface area contributed by atoms with Gasteiger partial charge in [0.1, 0.15) is 5.75 Å². The zero-order chi connectivity index (χ0) is 18.2. The van der Waals surface area contributed by atoms with E-state index in [4.69, 9.17) is 6.42 Å². The first-order valence-electron chi connectivity index (χ1n) is 7.17. The number of alkyl halides is 2. The first kappa shape index (κ1) is 17.9. The number of benzene rings is 2. The zero-order valence-corrected chi connectivity index (χ0v) is 13.0. The molecule has 2 amide bonds. The highest BCUT2D eigenvalue weighted by molar-refractivity contribution is 5.99. The molecule has 2 aromatic carbocycles. The summed E-state index contributed by atoms with van der Waals surface area (Å²) in [6, 6.07) is 11.8. The van der Waals surface area contributed by atoms with Gasteiger partial charge in [-0.15, -0.1) is 6.42 Å². The van der Waals surface area contributed by atoms with Crippen LogP contribution in [0.5, 0.6) is 5.75 Å². The van der Waals surface area contributed by atoms with Crippen molar-refractivity contribution in [2.24, 2.45) is 0 Å². The van der Waals surface area contributed by atoms with Crippen molar-refractivity contribution < 1.29 is 23.1 Å². The molecular weight excluding hydrogens is 330 g/mol. The molecule has 2 N–H and O–H groups in total. The minimum absolute atomic E-state index is 0.0577. The highest BCUT2D eigenvalue weighted by Crippen LogP contribution is 2.15. The summed E-state index contributed by atoms with van der Waals surface area (Å²) in [6.45, 7) is -3.19. The molecule has 0 aliphatic carbocycles. The third kappa shape index (κ3) is 5.62. The normalized spacial score (nSPS) is 10.0.